The molecule has 0 fully saturated rings. The molecule has 1 nitrogen and oxygen atoms in total. The van der Waals surface area contributed by atoms with Crippen molar-refractivity contribution >= 4 is 17.3 Å². The predicted molar refractivity (Wildman–Crippen MR) is 79.4 cm³/mol. The first-order valence-electron chi connectivity index (χ1n) is 6.26. The molecule has 0 saturated heterocycles. The van der Waals surface area contributed by atoms with Gasteiger partial charge in [0, 0.05) is 6.04 Å². The van der Waals surface area contributed by atoms with Crippen LogP contribution in [0.4, 0.5) is 10.1 Å². The molecule has 1 atom stereocenters. The van der Waals surface area contributed by atoms with Crippen molar-refractivity contribution in [2.45, 2.75) is 26.8 Å². The average molecular weight is 278 g/mol. The SMILES string of the molecule is Cc1ccc(C(C)Nc2cccc(Cl)c2F)cc1C. The van der Waals surface area contributed by atoms with Crippen LogP contribution in [0.3, 0.4) is 0 Å². The van der Waals surface area contributed by atoms with Crippen molar-refractivity contribution in [1.29, 1.82) is 0 Å². The lowest BCUT2D eigenvalue weighted by molar-refractivity contribution is 0.628. The first kappa shape index (κ1) is 13.9. The highest BCUT2D eigenvalue weighted by atomic mass is 35.5. The van der Waals surface area contributed by atoms with Gasteiger partial charge in [-0.15, -0.1) is 0 Å². The lowest BCUT2D eigenvalue weighted by Gasteiger charge is -2.17. The fraction of sp³-hybridized carbons (Fsp3) is 0.250. The molecule has 0 amide bonds. The van der Waals surface area contributed by atoms with E-state index in [4.69, 9.17) is 11.6 Å². The fourth-order valence-corrected chi connectivity index (χ4v) is 2.14. The summed E-state index contributed by atoms with van der Waals surface area (Å²) >= 11 is 5.77. The molecule has 0 bridgehead atoms. The Balaban J connectivity index is 2.23. The van der Waals surface area contributed by atoms with E-state index in [2.05, 4.69) is 37.4 Å². The van der Waals surface area contributed by atoms with Crippen molar-refractivity contribution in [2.75, 3.05) is 5.32 Å². The predicted octanol–water partition coefficient (Wildman–Crippen LogP) is 5.27. The van der Waals surface area contributed by atoms with Crippen molar-refractivity contribution in [2.24, 2.45) is 0 Å². The minimum atomic E-state index is -0.403. The van der Waals surface area contributed by atoms with E-state index in [1.165, 1.54) is 11.1 Å². The molecule has 1 unspecified atom stereocenters. The summed E-state index contributed by atoms with van der Waals surface area (Å²) in [5, 5.41) is 3.29. The van der Waals surface area contributed by atoms with Crippen LogP contribution in [0.25, 0.3) is 0 Å². The van der Waals surface area contributed by atoms with Crippen molar-refractivity contribution < 1.29 is 4.39 Å². The number of hydrogen-bond donors (Lipinski definition) is 1. The van der Waals surface area contributed by atoms with Crippen molar-refractivity contribution in [3.05, 3.63) is 63.9 Å². The second-order valence-electron chi connectivity index (χ2n) is 4.81. The number of benzene rings is 2. The smallest absolute Gasteiger partial charge is 0.164 e. The Morgan fingerprint density at radius 3 is 2.53 bits per heavy atom. The number of aryl methyl sites for hydroxylation is 2. The summed E-state index contributed by atoms with van der Waals surface area (Å²) in [5.74, 6) is -0.403. The summed E-state index contributed by atoms with van der Waals surface area (Å²) in [6.07, 6.45) is 0. The largest absolute Gasteiger partial charge is 0.376 e. The summed E-state index contributed by atoms with van der Waals surface area (Å²) in [6, 6.07) is 11.3. The molecule has 100 valence electrons. The van der Waals surface area contributed by atoms with Crippen LogP contribution in [0.1, 0.15) is 29.7 Å². The highest BCUT2D eigenvalue weighted by molar-refractivity contribution is 6.31. The van der Waals surface area contributed by atoms with E-state index >= 15 is 0 Å². The van der Waals surface area contributed by atoms with E-state index in [9.17, 15) is 4.39 Å². The topological polar surface area (TPSA) is 12.0 Å². The van der Waals surface area contributed by atoms with Crippen LogP contribution in [-0.4, -0.2) is 0 Å². The normalized spacial score (nSPS) is 12.3. The van der Waals surface area contributed by atoms with Gasteiger partial charge in [0.05, 0.1) is 10.7 Å². The van der Waals surface area contributed by atoms with Gasteiger partial charge in [-0.25, -0.2) is 4.39 Å². The highest BCUT2D eigenvalue weighted by Crippen LogP contribution is 2.26. The first-order chi connectivity index (χ1) is 8.99. The lowest BCUT2D eigenvalue weighted by atomic mass is 10.0. The summed E-state index contributed by atoms with van der Waals surface area (Å²) in [6.45, 7) is 6.16. The summed E-state index contributed by atoms with van der Waals surface area (Å²) in [4.78, 5) is 0. The molecule has 2 rings (SSSR count). The van der Waals surface area contributed by atoms with Crippen molar-refractivity contribution in [3.63, 3.8) is 0 Å². The number of rotatable bonds is 3. The molecular formula is C16H17ClFN. The van der Waals surface area contributed by atoms with Gasteiger partial charge in [0.15, 0.2) is 5.82 Å². The van der Waals surface area contributed by atoms with Crippen LogP contribution in [-0.2, 0) is 0 Å². The van der Waals surface area contributed by atoms with E-state index in [-0.39, 0.29) is 11.1 Å². The Hall–Kier alpha value is -1.54. The second kappa shape index (κ2) is 5.62. The molecule has 0 radical (unpaired) electrons. The molecule has 2 aromatic rings. The standard InChI is InChI=1S/C16H17ClFN/c1-10-7-8-13(9-11(10)2)12(3)19-15-6-4-5-14(17)16(15)18/h4-9,12,19H,1-3H3. The molecule has 3 heteroatoms. The minimum Gasteiger partial charge on any atom is -0.376 e. The summed E-state index contributed by atoms with van der Waals surface area (Å²) in [7, 11) is 0. The Morgan fingerprint density at radius 1 is 1.11 bits per heavy atom. The molecule has 0 aliphatic rings. The number of anilines is 1. The highest BCUT2D eigenvalue weighted by Gasteiger charge is 2.11. The minimum absolute atomic E-state index is 0.0206. The fourth-order valence-electron chi connectivity index (χ4n) is 1.97. The van der Waals surface area contributed by atoms with Crippen molar-refractivity contribution in [3.8, 4) is 0 Å². The quantitative estimate of drug-likeness (QED) is 0.806. The molecule has 0 spiro atoms. The Kier molecular flexibility index (Phi) is 4.11. The molecule has 0 saturated carbocycles. The van der Waals surface area contributed by atoms with Gasteiger partial charge in [-0.1, -0.05) is 35.9 Å². The average Bonchev–Trinajstić information content (AvgIpc) is 2.38. The van der Waals surface area contributed by atoms with Gasteiger partial charge in [-0.3, -0.25) is 0 Å². The maximum atomic E-state index is 13.8. The zero-order chi connectivity index (χ0) is 14.0. The zero-order valence-electron chi connectivity index (χ0n) is 11.3. The van der Waals surface area contributed by atoms with Gasteiger partial charge >= 0.3 is 0 Å². The molecule has 0 heterocycles. The van der Waals surface area contributed by atoms with Crippen LogP contribution in [0.5, 0.6) is 0 Å². The maximum Gasteiger partial charge on any atom is 0.164 e. The van der Waals surface area contributed by atoms with Crippen molar-refractivity contribution in [1.82, 2.24) is 0 Å². The summed E-state index contributed by atoms with van der Waals surface area (Å²) < 4.78 is 13.8. The van der Waals surface area contributed by atoms with Crippen LogP contribution < -0.4 is 5.32 Å². The van der Waals surface area contributed by atoms with Gasteiger partial charge in [0.2, 0.25) is 0 Å². The molecule has 0 aliphatic heterocycles. The molecule has 0 aliphatic carbocycles. The third-order valence-corrected chi connectivity index (χ3v) is 3.65. The van der Waals surface area contributed by atoms with E-state index in [0.717, 1.165) is 5.56 Å². The number of nitrogens with one attached hydrogen (secondary N) is 1. The maximum absolute atomic E-state index is 13.8. The third kappa shape index (κ3) is 3.07. The zero-order valence-corrected chi connectivity index (χ0v) is 12.1. The molecule has 0 aromatic heterocycles. The molecule has 1 N–H and O–H groups in total. The van der Waals surface area contributed by atoms with Gasteiger partial charge in [-0.05, 0) is 49.6 Å². The van der Waals surface area contributed by atoms with E-state index in [1.807, 2.05) is 6.92 Å². The first-order valence-corrected chi connectivity index (χ1v) is 6.64. The van der Waals surface area contributed by atoms with E-state index < -0.39 is 5.82 Å². The van der Waals surface area contributed by atoms with Gasteiger partial charge in [0.25, 0.3) is 0 Å². The Labute approximate surface area is 118 Å². The van der Waals surface area contributed by atoms with Crippen LogP contribution in [0.2, 0.25) is 5.02 Å². The van der Waals surface area contributed by atoms with E-state index in [0.29, 0.717) is 5.69 Å². The lowest BCUT2D eigenvalue weighted by Crippen LogP contribution is -2.08. The Morgan fingerprint density at radius 2 is 1.84 bits per heavy atom. The van der Waals surface area contributed by atoms with Crippen LogP contribution >= 0.6 is 11.6 Å². The monoisotopic (exact) mass is 277 g/mol. The molecule has 19 heavy (non-hydrogen) atoms. The molecular weight excluding hydrogens is 261 g/mol. The van der Waals surface area contributed by atoms with Crippen LogP contribution in [0, 0.1) is 19.7 Å². The van der Waals surface area contributed by atoms with Gasteiger partial charge in [-0.2, -0.15) is 0 Å². The van der Waals surface area contributed by atoms with Gasteiger partial charge in [0.1, 0.15) is 0 Å². The number of halogens is 2. The second-order valence-corrected chi connectivity index (χ2v) is 5.22. The van der Waals surface area contributed by atoms with Gasteiger partial charge < -0.3 is 5.32 Å². The third-order valence-electron chi connectivity index (χ3n) is 3.35. The number of hydrogen-bond acceptors (Lipinski definition) is 1. The van der Waals surface area contributed by atoms with Crippen LogP contribution in [0.15, 0.2) is 36.4 Å². The molecule has 2 aromatic carbocycles. The Bertz CT molecular complexity index is 595. The van der Waals surface area contributed by atoms with E-state index in [1.54, 1.807) is 18.2 Å². The summed E-state index contributed by atoms with van der Waals surface area (Å²) in [5.41, 5.74) is 4.04.